The predicted molar refractivity (Wildman–Crippen MR) is 70.8 cm³/mol. The summed E-state index contributed by atoms with van der Waals surface area (Å²) < 4.78 is 27.2. The van der Waals surface area contributed by atoms with Crippen LogP contribution in [0.1, 0.15) is 21.4 Å². The van der Waals surface area contributed by atoms with Crippen molar-refractivity contribution in [1.29, 1.82) is 0 Å². The van der Waals surface area contributed by atoms with Crippen molar-refractivity contribution in [2.75, 3.05) is 0 Å². The Kier molecular flexibility index (Phi) is 3.85. The van der Waals surface area contributed by atoms with Crippen LogP contribution in [0.4, 0.5) is 8.78 Å². The molecular weight excluding hydrogens is 330 g/mol. The van der Waals surface area contributed by atoms with Gasteiger partial charge in [-0.3, -0.25) is 0 Å². The molecule has 0 spiro atoms. The third-order valence-corrected chi connectivity index (χ3v) is 4.72. The summed E-state index contributed by atoms with van der Waals surface area (Å²) in [6.07, 6.45) is 0. The zero-order chi connectivity index (χ0) is 12.6. The summed E-state index contributed by atoms with van der Waals surface area (Å²) in [5, 5.41) is 1.23. The molecule has 0 radical (unpaired) electrons. The first kappa shape index (κ1) is 13.0. The Morgan fingerprint density at radius 2 is 2.00 bits per heavy atom. The molecule has 0 aliphatic carbocycles. The highest BCUT2D eigenvalue weighted by molar-refractivity contribution is 9.10. The molecule has 1 unspecified atom stereocenters. The highest BCUT2D eigenvalue weighted by atomic mass is 79.9. The summed E-state index contributed by atoms with van der Waals surface area (Å²) in [4.78, 5) is 0.840. The van der Waals surface area contributed by atoms with Crippen molar-refractivity contribution in [3.05, 3.63) is 55.7 Å². The van der Waals surface area contributed by atoms with E-state index in [1.54, 1.807) is 0 Å². The van der Waals surface area contributed by atoms with Crippen molar-refractivity contribution < 1.29 is 8.78 Å². The Morgan fingerprint density at radius 3 is 2.59 bits per heavy atom. The lowest BCUT2D eigenvalue weighted by molar-refractivity contribution is 0.582. The zero-order valence-electron chi connectivity index (χ0n) is 8.81. The monoisotopic (exact) mass is 336 g/mol. The van der Waals surface area contributed by atoms with E-state index in [0.29, 0.717) is 0 Å². The summed E-state index contributed by atoms with van der Waals surface area (Å²) >= 11 is 10.6. The largest absolute Gasteiger partial charge is 0.207 e. The Bertz CT molecular complexity index is 553. The fraction of sp³-hybridized carbons (Fsp3) is 0.167. The van der Waals surface area contributed by atoms with E-state index in [2.05, 4.69) is 15.9 Å². The van der Waals surface area contributed by atoms with Crippen LogP contribution in [-0.4, -0.2) is 0 Å². The van der Waals surface area contributed by atoms with Gasteiger partial charge in [-0.05, 0) is 52.0 Å². The maximum absolute atomic E-state index is 13.7. The molecule has 0 saturated carbocycles. The lowest BCUT2D eigenvalue weighted by atomic mass is 10.1. The molecule has 2 rings (SSSR count). The van der Waals surface area contributed by atoms with Gasteiger partial charge in [-0.1, -0.05) is 0 Å². The van der Waals surface area contributed by atoms with Crippen LogP contribution in [0.5, 0.6) is 0 Å². The lowest BCUT2D eigenvalue weighted by Gasteiger charge is -2.11. The van der Waals surface area contributed by atoms with Crippen LogP contribution < -0.4 is 0 Å². The van der Waals surface area contributed by atoms with Crippen LogP contribution in [0, 0.1) is 18.6 Å². The van der Waals surface area contributed by atoms with Crippen molar-refractivity contribution in [3.8, 4) is 0 Å². The molecule has 90 valence electrons. The Balaban J connectivity index is 2.48. The average Bonchev–Trinajstić information content (AvgIpc) is 2.69. The molecule has 0 amide bonds. The SMILES string of the molecule is Cc1ccsc1C(Cl)c1cc(F)c(Br)cc1F. The van der Waals surface area contributed by atoms with E-state index >= 15 is 0 Å². The van der Waals surface area contributed by atoms with Crippen molar-refractivity contribution in [2.24, 2.45) is 0 Å². The molecule has 0 nitrogen and oxygen atoms in total. The van der Waals surface area contributed by atoms with Crippen LogP contribution in [0.25, 0.3) is 0 Å². The molecule has 2 aromatic rings. The average molecular weight is 338 g/mol. The molecule has 5 heteroatoms. The minimum atomic E-state index is -0.655. The molecule has 1 atom stereocenters. The molecule has 0 saturated heterocycles. The predicted octanol–water partition coefficient (Wildman–Crippen LogP) is 5.43. The van der Waals surface area contributed by atoms with Gasteiger partial charge in [-0.25, -0.2) is 8.78 Å². The fourth-order valence-corrected chi connectivity index (χ4v) is 3.25. The van der Waals surface area contributed by atoms with Gasteiger partial charge in [0.05, 0.1) is 9.85 Å². The zero-order valence-corrected chi connectivity index (χ0v) is 12.0. The van der Waals surface area contributed by atoms with Gasteiger partial charge in [0, 0.05) is 10.4 Å². The second-order valence-electron chi connectivity index (χ2n) is 3.62. The normalized spacial score (nSPS) is 12.8. The van der Waals surface area contributed by atoms with Crippen molar-refractivity contribution >= 4 is 38.9 Å². The van der Waals surface area contributed by atoms with E-state index in [9.17, 15) is 8.78 Å². The standard InChI is InChI=1S/C12H8BrClF2S/c1-6-2-3-17-12(6)11(14)7-4-10(16)8(13)5-9(7)15/h2-5,11H,1H3. The van der Waals surface area contributed by atoms with Crippen LogP contribution in [0.2, 0.25) is 0 Å². The first-order valence-corrected chi connectivity index (χ1v) is 6.94. The molecule has 17 heavy (non-hydrogen) atoms. The van der Waals surface area contributed by atoms with Crippen molar-refractivity contribution in [2.45, 2.75) is 12.3 Å². The Labute approximate surface area is 115 Å². The third-order valence-electron chi connectivity index (χ3n) is 2.44. The first-order chi connectivity index (χ1) is 8.00. The molecule has 1 aromatic heterocycles. The van der Waals surface area contributed by atoms with Crippen LogP contribution in [-0.2, 0) is 0 Å². The topological polar surface area (TPSA) is 0 Å². The van der Waals surface area contributed by atoms with Gasteiger partial charge in [-0.15, -0.1) is 22.9 Å². The minimum absolute atomic E-state index is 0.102. The summed E-state index contributed by atoms with van der Waals surface area (Å²) in [5.74, 6) is -1.02. The van der Waals surface area contributed by atoms with E-state index in [-0.39, 0.29) is 10.0 Å². The van der Waals surface area contributed by atoms with Crippen LogP contribution >= 0.6 is 38.9 Å². The van der Waals surface area contributed by atoms with Crippen molar-refractivity contribution in [3.63, 3.8) is 0 Å². The summed E-state index contributed by atoms with van der Waals surface area (Å²) in [6.45, 7) is 1.90. The smallest absolute Gasteiger partial charge is 0.137 e. The number of hydrogen-bond donors (Lipinski definition) is 0. The highest BCUT2D eigenvalue weighted by Crippen LogP contribution is 2.37. The molecule has 1 aromatic carbocycles. The summed E-state index contributed by atoms with van der Waals surface area (Å²) in [5.41, 5.74) is 1.15. The van der Waals surface area contributed by atoms with Crippen LogP contribution in [0.15, 0.2) is 28.1 Å². The number of thiophene rings is 1. The highest BCUT2D eigenvalue weighted by Gasteiger charge is 2.20. The molecule has 1 heterocycles. The van der Waals surface area contributed by atoms with Gasteiger partial charge < -0.3 is 0 Å². The number of halogens is 4. The van der Waals surface area contributed by atoms with Gasteiger partial charge in [0.25, 0.3) is 0 Å². The number of rotatable bonds is 2. The van der Waals surface area contributed by atoms with E-state index < -0.39 is 17.0 Å². The van der Waals surface area contributed by atoms with E-state index in [1.807, 2.05) is 18.4 Å². The van der Waals surface area contributed by atoms with Gasteiger partial charge >= 0.3 is 0 Å². The molecule has 0 aliphatic rings. The number of hydrogen-bond acceptors (Lipinski definition) is 1. The van der Waals surface area contributed by atoms with Crippen LogP contribution in [0.3, 0.4) is 0 Å². The molecular formula is C12H8BrClF2S. The minimum Gasteiger partial charge on any atom is -0.207 e. The fourth-order valence-electron chi connectivity index (χ4n) is 1.52. The van der Waals surface area contributed by atoms with E-state index in [1.165, 1.54) is 11.3 Å². The Morgan fingerprint density at radius 1 is 1.29 bits per heavy atom. The maximum atomic E-state index is 13.7. The molecule has 0 bridgehead atoms. The second kappa shape index (κ2) is 5.04. The Hall–Kier alpha value is -0.450. The lowest BCUT2D eigenvalue weighted by Crippen LogP contribution is -1.98. The summed E-state index contributed by atoms with van der Waals surface area (Å²) in [7, 11) is 0. The number of aryl methyl sites for hydroxylation is 1. The third kappa shape index (κ3) is 2.54. The molecule has 0 aliphatic heterocycles. The van der Waals surface area contributed by atoms with Gasteiger partial charge in [0.1, 0.15) is 11.6 Å². The second-order valence-corrected chi connectivity index (χ2v) is 5.86. The maximum Gasteiger partial charge on any atom is 0.137 e. The first-order valence-electron chi connectivity index (χ1n) is 4.83. The van der Waals surface area contributed by atoms with Gasteiger partial charge in [0.15, 0.2) is 0 Å². The number of alkyl halides is 1. The van der Waals surface area contributed by atoms with E-state index in [4.69, 9.17) is 11.6 Å². The van der Waals surface area contributed by atoms with Gasteiger partial charge in [0.2, 0.25) is 0 Å². The summed E-state index contributed by atoms with van der Waals surface area (Å²) in [6, 6.07) is 4.14. The molecule has 0 N–H and O–H groups in total. The van der Waals surface area contributed by atoms with Gasteiger partial charge in [-0.2, -0.15) is 0 Å². The quantitative estimate of drug-likeness (QED) is 0.506. The molecule has 0 fully saturated rings. The van der Waals surface area contributed by atoms with E-state index in [0.717, 1.165) is 22.6 Å². The number of benzene rings is 1. The van der Waals surface area contributed by atoms with Crippen molar-refractivity contribution in [1.82, 2.24) is 0 Å².